The van der Waals surface area contributed by atoms with Crippen LogP contribution in [0.25, 0.3) is 0 Å². The van der Waals surface area contributed by atoms with E-state index < -0.39 is 0 Å². The van der Waals surface area contributed by atoms with Gasteiger partial charge in [0.05, 0.1) is 5.69 Å². The van der Waals surface area contributed by atoms with Gasteiger partial charge in [0.25, 0.3) is 0 Å². The van der Waals surface area contributed by atoms with E-state index in [1.54, 1.807) is 11.8 Å². The van der Waals surface area contributed by atoms with E-state index in [1.165, 1.54) is 42.7 Å². The lowest BCUT2D eigenvalue weighted by Crippen LogP contribution is -2.38. The number of hydrogen-bond acceptors (Lipinski definition) is 2. The van der Waals surface area contributed by atoms with Crippen molar-refractivity contribution >= 4 is 29.1 Å². The number of rotatable bonds is 1. The van der Waals surface area contributed by atoms with Gasteiger partial charge in [0, 0.05) is 10.9 Å². The van der Waals surface area contributed by atoms with Gasteiger partial charge < -0.3 is 4.90 Å². The average molecular weight is 254 g/mol. The predicted octanol–water partition coefficient (Wildman–Crippen LogP) is 4.45. The molecule has 1 unspecified atom stereocenters. The molecule has 0 spiro atoms. The molecule has 1 aliphatic carbocycles. The summed E-state index contributed by atoms with van der Waals surface area (Å²) in [6.07, 6.45) is 6.72. The highest BCUT2D eigenvalue weighted by Crippen LogP contribution is 2.47. The quantitative estimate of drug-likeness (QED) is 0.537. The monoisotopic (exact) mass is 253 g/mol. The summed E-state index contributed by atoms with van der Waals surface area (Å²) in [5.41, 5.74) is 1.35. The van der Waals surface area contributed by atoms with Crippen LogP contribution in [0.15, 0.2) is 29.2 Å². The van der Waals surface area contributed by atoms with E-state index in [0.717, 1.165) is 0 Å². The minimum atomic E-state index is 0.0977. The number of fused-ring (bicyclic) bond motifs is 1. The maximum Gasteiger partial charge on any atom is 0.156 e. The summed E-state index contributed by atoms with van der Waals surface area (Å²) in [5.74, 6) is 0. The van der Waals surface area contributed by atoms with Crippen molar-refractivity contribution in [3.63, 3.8) is 0 Å². The highest BCUT2D eigenvalue weighted by Gasteiger charge is 2.33. The lowest BCUT2D eigenvalue weighted by Gasteiger charge is -2.34. The number of alkyl halides is 1. The molecule has 1 aromatic rings. The number of halogens is 1. The summed E-state index contributed by atoms with van der Waals surface area (Å²) < 4.78 is 0. The Bertz CT molecular complexity index is 376. The molecule has 16 heavy (non-hydrogen) atoms. The Morgan fingerprint density at radius 1 is 1.12 bits per heavy atom. The number of thioether (sulfide) groups is 1. The van der Waals surface area contributed by atoms with Crippen molar-refractivity contribution in [2.45, 2.75) is 47.9 Å². The van der Waals surface area contributed by atoms with Crippen molar-refractivity contribution in [1.29, 1.82) is 0 Å². The first kappa shape index (κ1) is 10.8. The molecular weight excluding hydrogens is 238 g/mol. The zero-order valence-corrected chi connectivity index (χ0v) is 10.8. The fourth-order valence-electron chi connectivity index (χ4n) is 2.76. The molecule has 3 rings (SSSR count). The predicted molar refractivity (Wildman–Crippen MR) is 71.3 cm³/mol. The minimum Gasteiger partial charge on any atom is -0.343 e. The van der Waals surface area contributed by atoms with Crippen LogP contribution in [-0.2, 0) is 0 Å². The normalized spacial score (nSPS) is 25.8. The zero-order chi connectivity index (χ0) is 11.0. The van der Waals surface area contributed by atoms with Crippen LogP contribution in [0.5, 0.6) is 0 Å². The molecule has 0 saturated heterocycles. The SMILES string of the molecule is ClC1Sc2ccccc2N1C1CCCCC1. The van der Waals surface area contributed by atoms with Gasteiger partial charge in [0.15, 0.2) is 4.83 Å². The van der Waals surface area contributed by atoms with Gasteiger partial charge in [0.2, 0.25) is 0 Å². The molecule has 0 radical (unpaired) electrons. The van der Waals surface area contributed by atoms with Gasteiger partial charge in [-0.25, -0.2) is 0 Å². The van der Waals surface area contributed by atoms with Crippen molar-refractivity contribution in [1.82, 2.24) is 0 Å². The van der Waals surface area contributed by atoms with E-state index >= 15 is 0 Å². The van der Waals surface area contributed by atoms with Crippen molar-refractivity contribution < 1.29 is 0 Å². The Balaban J connectivity index is 1.89. The van der Waals surface area contributed by atoms with Gasteiger partial charge in [-0.2, -0.15) is 0 Å². The second-order valence-corrected chi connectivity index (χ2v) is 6.37. The van der Waals surface area contributed by atoms with Crippen LogP contribution in [-0.4, -0.2) is 10.9 Å². The Morgan fingerprint density at radius 2 is 1.88 bits per heavy atom. The first-order chi connectivity index (χ1) is 7.86. The van der Waals surface area contributed by atoms with Crippen molar-refractivity contribution in [2.24, 2.45) is 0 Å². The van der Waals surface area contributed by atoms with Gasteiger partial charge in [-0.05, 0) is 25.0 Å². The summed E-state index contributed by atoms with van der Waals surface area (Å²) in [6, 6.07) is 9.26. The first-order valence-electron chi connectivity index (χ1n) is 6.04. The van der Waals surface area contributed by atoms with Gasteiger partial charge in [-0.1, -0.05) is 54.8 Å². The maximum atomic E-state index is 6.47. The molecule has 1 atom stereocenters. The standard InChI is InChI=1S/C13H16ClNS/c14-13-15(10-6-2-1-3-7-10)11-8-4-5-9-12(11)16-13/h4-5,8-10,13H,1-3,6-7H2. The molecule has 0 amide bonds. The third kappa shape index (κ3) is 1.82. The third-order valence-electron chi connectivity index (χ3n) is 3.55. The van der Waals surface area contributed by atoms with Gasteiger partial charge in [-0.15, -0.1) is 0 Å². The molecule has 1 aliphatic heterocycles. The smallest absolute Gasteiger partial charge is 0.156 e. The second-order valence-electron chi connectivity index (χ2n) is 4.58. The van der Waals surface area contributed by atoms with Crippen LogP contribution in [0.1, 0.15) is 32.1 Å². The topological polar surface area (TPSA) is 3.24 Å². The fourth-order valence-corrected chi connectivity index (χ4v) is 4.38. The molecule has 1 fully saturated rings. The van der Waals surface area contributed by atoms with E-state index in [0.29, 0.717) is 6.04 Å². The van der Waals surface area contributed by atoms with Crippen LogP contribution < -0.4 is 4.90 Å². The molecule has 3 heteroatoms. The molecule has 1 aromatic carbocycles. The van der Waals surface area contributed by atoms with Crippen molar-refractivity contribution in [3.05, 3.63) is 24.3 Å². The van der Waals surface area contributed by atoms with E-state index in [9.17, 15) is 0 Å². The number of para-hydroxylation sites is 1. The first-order valence-corrected chi connectivity index (χ1v) is 7.36. The molecule has 0 N–H and O–H groups in total. The number of anilines is 1. The average Bonchev–Trinajstić information content (AvgIpc) is 2.66. The Labute approximate surface area is 106 Å². The lowest BCUT2D eigenvalue weighted by molar-refractivity contribution is 0.422. The summed E-state index contributed by atoms with van der Waals surface area (Å²) in [4.78, 5) is 3.87. The van der Waals surface area contributed by atoms with Crippen LogP contribution in [0.4, 0.5) is 5.69 Å². The van der Waals surface area contributed by atoms with Gasteiger partial charge in [0.1, 0.15) is 0 Å². The number of hydrogen-bond donors (Lipinski definition) is 0. The molecule has 1 saturated carbocycles. The molecule has 2 aliphatic rings. The van der Waals surface area contributed by atoms with E-state index in [4.69, 9.17) is 11.6 Å². The Morgan fingerprint density at radius 3 is 2.69 bits per heavy atom. The molecule has 1 heterocycles. The van der Waals surface area contributed by atoms with Crippen LogP contribution >= 0.6 is 23.4 Å². The van der Waals surface area contributed by atoms with Crippen LogP contribution in [0, 0.1) is 0 Å². The van der Waals surface area contributed by atoms with Gasteiger partial charge >= 0.3 is 0 Å². The van der Waals surface area contributed by atoms with Crippen LogP contribution in [0.2, 0.25) is 0 Å². The highest BCUT2D eigenvalue weighted by molar-refractivity contribution is 8.01. The second kappa shape index (κ2) is 4.50. The lowest BCUT2D eigenvalue weighted by atomic mass is 9.94. The maximum absolute atomic E-state index is 6.47. The van der Waals surface area contributed by atoms with Gasteiger partial charge in [-0.3, -0.25) is 0 Å². The van der Waals surface area contributed by atoms with Crippen molar-refractivity contribution in [3.8, 4) is 0 Å². The summed E-state index contributed by atoms with van der Waals surface area (Å²) in [7, 11) is 0. The minimum absolute atomic E-state index is 0.0977. The fraction of sp³-hybridized carbons (Fsp3) is 0.538. The van der Waals surface area contributed by atoms with Crippen LogP contribution in [0.3, 0.4) is 0 Å². The van der Waals surface area contributed by atoms with E-state index in [-0.39, 0.29) is 4.83 Å². The largest absolute Gasteiger partial charge is 0.343 e. The molecule has 86 valence electrons. The Hall–Kier alpha value is -0.340. The Kier molecular flexibility index (Phi) is 3.03. The summed E-state index contributed by atoms with van der Waals surface area (Å²) >= 11 is 8.25. The molecule has 1 nitrogen and oxygen atoms in total. The number of benzene rings is 1. The van der Waals surface area contributed by atoms with E-state index in [2.05, 4.69) is 29.2 Å². The van der Waals surface area contributed by atoms with Crippen molar-refractivity contribution in [2.75, 3.05) is 4.90 Å². The summed E-state index contributed by atoms with van der Waals surface area (Å²) in [5, 5.41) is 0. The molecule has 0 aromatic heterocycles. The molecule has 0 bridgehead atoms. The summed E-state index contributed by atoms with van der Waals surface area (Å²) in [6.45, 7) is 0. The number of nitrogens with zero attached hydrogens (tertiary/aromatic N) is 1. The zero-order valence-electron chi connectivity index (χ0n) is 9.23. The highest BCUT2D eigenvalue weighted by atomic mass is 35.5. The molecular formula is C13H16ClNS. The third-order valence-corrected chi connectivity index (χ3v) is 5.05. The van der Waals surface area contributed by atoms with E-state index in [1.807, 2.05) is 0 Å².